The highest BCUT2D eigenvalue weighted by Gasteiger charge is 2.11. The molecule has 0 aliphatic rings. The largest absolute Gasteiger partial charge is 0.465 e. The van der Waals surface area contributed by atoms with Crippen molar-refractivity contribution in [1.29, 1.82) is 0 Å². The summed E-state index contributed by atoms with van der Waals surface area (Å²) < 4.78 is 11.0. The zero-order chi connectivity index (χ0) is 15.2. The summed E-state index contributed by atoms with van der Waals surface area (Å²) >= 11 is 0. The molecule has 0 bridgehead atoms. The summed E-state index contributed by atoms with van der Waals surface area (Å²) in [5.74, 6) is -0.357. The van der Waals surface area contributed by atoms with Crippen molar-refractivity contribution in [2.75, 3.05) is 6.61 Å². The first-order valence-electron chi connectivity index (χ1n) is 6.33. The van der Waals surface area contributed by atoms with Crippen molar-refractivity contribution in [1.82, 2.24) is 9.78 Å². The maximum Gasteiger partial charge on any atom is 0.327 e. The van der Waals surface area contributed by atoms with Crippen molar-refractivity contribution in [3.8, 4) is 11.5 Å². The second kappa shape index (κ2) is 6.56. The number of aromatic nitrogens is 2. The van der Waals surface area contributed by atoms with E-state index in [-0.39, 0.29) is 18.9 Å². The summed E-state index contributed by atoms with van der Waals surface area (Å²) in [6.07, 6.45) is 0. The maximum atomic E-state index is 12.1. The molecule has 7 nitrogen and oxygen atoms in total. The molecule has 2 aromatic rings. The smallest absolute Gasteiger partial charge is 0.327 e. The fraction of sp³-hybridized carbons (Fsp3) is 0.214. The van der Waals surface area contributed by atoms with Crippen molar-refractivity contribution < 1.29 is 14.3 Å². The molecule has 1 aromatic carbocycles. The molecular weight excluding hydrogens is 276 g/mol. The standard InChI is InChI=1S/C14H14N2O5/c1-2-20-13(18)9-16-14(19)11(8-12(17)15-16)21-10-6-4-3-5-7-10/h3-8H,2,9H2,1H3,(H,15,17). The van der Waals surface area contributed by atoms with Crippen LogP contribution in [0, 0.1) is 0 Å². The minimum absolute atomic E-state index is 0.158. The average molecular weight is 290 g/mol. The van der Waals surface area contributed by atoms with Crippen LogP contribution >= 0.6 is 0 Å². The average Bonchev–Trinajstić information content (AvgIpc) is 2.45. The van der Waals surface area contributed by atoms with Crippen molar-refractivity contribution in [3.05, 3.63) is 57.1 Å². The van der Waals surface area contributed by atoms with Gasteiger partial charge in [0, 0.05) is 0 Å². The Morgan fingerprint density at radius 3 is 2.62 bits per heavy atom. The maximum absolute atomic E-state index is 12.1. The Labute approximate surface area is 119 Å². The molecule has 21 heavy (non-hydrogen) atoms. The van der Waals surface area contributed by atoms with Crippen LogP contribution in [0.5, 0.6) is 11.5 Å². The summed E-state index contributed by atoms with van der Waals surface area (Å²) in [4.78, 5) is 35.1. The molecule has 0 radical (unpaired) electrons. The number of aromatic amines is 1. The summed E-state index contributed by atoms with van der Waals surface area (Å²) in [7, 11) is 0. The first-order chi connectivity index (χ1) is 10.1. The van der Waals surface area contributed by atoms with Crippen LogP contribution in [0.1, 0.15) is 6.92 Å². The minimum atomic E-state index is -0.619. The van der Waals surface area contributed by atoms with Gasteiger partial charge >= 0.3 is 11.5 Å². The van der Waals surface area contributed by atoms with Gasteiger partial charge in [-0.25, -0.2) is 4.68 Å². The van der Waals surface area contributed by atoms with Gasteiger partial charge in [-0.15, -0.1) is 0 Å². The van der Waals surface area contributed by atoms with Gasteiger partial charge in [0.1, 0.15) is 12.3 Å². The summed E-state index contributed by atoms with van der Waals surface area (Å²) in [6.45, 7) is 1.46. The van der Waals surface area contributed by atoms with E-state index in [9.17, 15) is 14.4 Å². The highest BCUT2D eigenvalue weighted by atomic mass is 16.5. The van der Waals surface area contributed by atoms with Crippen molar-refractivity contribution >= 4 is 5.97 Å². The third-order valence-electron chi connectivity index (χ3n) is 2.53. The molecule has 0 fully saturated rings. The number of rotatable bonds is 5. The predicted octanol–water partition coefficient (Wildman–Crippen LogP) is 0.892. The molecule has 0 aliphatic heterocycles. The van der Waals surface area contributed by atoms with Gasteiger partial charge in [-0.05, 0) is 19.1 Å². The summed E-state index contributed by atoms with van der Waals surface area (Å²) in [5, 5.41) is 2.26. The lowest BCUT2D eigenvalue weighted by Crippen LogP contribution is -2.32. The van der Waals surface area contributed by atoms with E-state index in [1.54, 1.807) is 37.3 Å². The van der Waals surface area contributed by atoms with Crippen LogP contribution < -0.4 is 15.9 Å². The summed E-state index contributed by atoms with van der Waals surface area (Å²) in [6, 6.07) is 9.60. The molecule has 2 rings (SSSR count). The second-order valence-corrected chi connectivity index (χ2v) is 4.10. The quantitative estimate of drug-likeness (QED) is 0.826. The van der Waals surface area contributed by atoms with Gasteiger partial charge in [0.05, 0.1) is 12.7 Å². The van der Waals surface area contributed by atoms with E-state index >= 15 is 0 Å². The Morgan fingerprint density at radius 1 is 1.24 bits per heavy atom. The lowest BCUT2D eigenvalue weighted by molar-refractivity contribution is -0.144. The first kappa shape index (κ1) is 14.6. The molecule has 1 N–H and O–H groups in total. The van der Waals surface area contributed by atoms with Crippen LogP contribution in [0.2, 0.25) is 0 Å². The van der Waals surface area contributed by atoms with Crippen LogP contribution in [0.4, 0.5) is 0 Å². The number of nitrogens with zero attached hydrogens (tertiary/aromatic N) is 1. The van der Waals surface area contributed by atoms with Crippen LogP contribution in [0.15, 0.2) is 46.0 Å². The molecule has 110 valence electrons. The molecule has 1 heterocycles. The number of carbonyl (C=O) groups is 1. The molecule has 0 saturated heterocycles. The van der Waals surface area contributed by atoms with Crippen LogP contribution in [0.3, 0.4) is 0 Å². The molecule has 7 heteroatoms. The van der Waals surface area contributed by atoms with Crippen molar-refractivity contribution in [3.63, 3.8) is 0 Å². The number of hydrogen-bond donors (Lipinski definition) is 1. The Hall–Kier alpha value is -2.83. The van der Waals surface area contributed by atoms with Crippen LogP contribution in [0.25, 0.3) is 0 Å². The normalized spacial score (nSPS) is 10.1. The topological polar surface area (TPSA) is 90.4 Å². The number of carbonyl (C=O) groups excluding carboxylic acids is 1. The van der Waals surface area contributed by atoms with Gasteiger partial charge in [-0.3, -0.25) is 19.5 Å². The van der Waals surface area contributed by atoms with Gasteiger partial charge in [-0.1, -0.05) is 18.2 Å². The monoisotopic (exact) mass is 290 g/mol. The highest BCUT2D eigenvalue weighted by molar-refractivity contribution is 5.68. The Balaban J connectivity index is 2.31. The number of para-hydroxylation sites is 1. The number of benzene rings is 1. The Kier molecular flexibility index (Phi) is 4.55. The lowest BCUT2D eigenvalue weighted by atomic mass is 10.3. The molecule has 0 atom stereocenters. The van der Waals surface area contributed by atoms with Crippen LogP contribution in [-0.2, 0) is 16.1 Å². The predicted molar refractivity (Wildman–Crippen MR) is 74.5 cm³/mol. The van der Waals surface area contributed by atoms with E-state index in [2.05, 4.69) is 5.10 Å². The van der Waals surface area contributed by atoms with Crippen molar-refractivity contribution in [2.24, 2.45) is 0 Å². The number of ether oxygens (including phenoxy) is 2. The van der Waals surface area contributed by atoms with Gasteiger partial charge < -0.3 is 9.47 Å². The molecule has 0 amide bonds. The summed E-state index contributed by atoms with van der Waals surface area (Å²) in [5.41, 5.74) is -1.17. The molecule has 0 spiro atoms. The van der Waals surface area contributed by atoms with Crippen LogP contribution in [-0.4, -0.2) is 22.4 Å². The fourth-order valence-corrected chi connectivity index (χ4v) is 1.67. The SMILES string of the molecule is CCOC(=O)Cn1[nH]c(=O)cc(Oc2ccccc2)c1=O. The van der Waals surface area contributed by atoms with Crippen molar-refractivity contribution in [2.45, 2.75) is 13.5 Å². The third kappa shape index (κ3) is 3.82. The van der Waals surface area contributed by atoms with E-state index in [0.29, 0.717) is 5.75 Å². The van der Waals surface area contributed by atoms with E-state index in [0.717, 1.165) is 10.7 Å². The van der Waals surface area contributed by atoms with Gasteiger partial charge in [0.2, 0.25) is 0 Å². The van der Waals surface area contributed by atoms with Gasteiger partial charge in [-0.2, -0.15) is 0 Å². The van der Waals surface area contributed by atoms with E-state index in [4.69, 9.17) is 9.47 Å². The molecule has 1 aromatic heterocycles. The Morgan fingerprint density at radius 2 is 1.95 bits per heavy atom. The molecular formula is C14H14N2O5. The van der Waals surface area contributed by atoms with E-state index in [1.807, 2.05) is 0 Å². The zero-order valence-corrected chi connectivity index (χ0v) is 11.4. The molecule has 0 saturated carbocycles. The number of H-pyrrole nitrogens is 1. The number of hydrogen-bond acceptors (Lipinski definition) is 5. The van der Waals surface area contributed by atoms with E-state index < -0.39 is 17.1 Å². The highest BCUT2D eigenvalue weighted by Crippen LogP contribution is 2.15. The van der Waals surface area contributed by atoms with Gasteiger partial charge in [0.25, 0.3) is 5.56 Å². The fourth-order valence-electron chi connectivity index (χ4n) is 1.67. The van der Waals surface area contributed by atoms with E-state index in [1.165, 1.54) is 0 Å². The number of nitrogens with one attached hydrogen (secondary N) is 1. The molecule has 0 aliphatic carbocycles. The minimum Gasteiger partial charge on any atom is -0.465 e. The Bertz CT molecular complexity index is 733. The number of esters is 1. The first-order valence-corrected chi connectivity index (χ1v) is 6.33. The van der Waals surface area contributed by atoms with Gasteiger partial charge in [0.15, 0.2) is 5.75 Å². The molecule has 0 unspecified atom stereocenters. The zero-order valence-electron chi connectivity index (χ0n) is 11.4. The lowest BCUT2D eigenvalue weighted by Gasteiger charge is -2.08. The third-order valence-corrected chi connectivity index (χ3v) is 2.53. The second-order valence-electron chi connectivity index (χ2n) is 4.10.